The van der Waals surface area contributed by atoms with Crippen LogP contribution in [0.3, 0.4) is 0 Å². The first-order chi connectivity index (χ1) is 9.08. The topological polar surface area (TPSA) is 70.6 Å². The minimum absolute atomic E-state index is 0.0826. The molecule has 3 N–H and O–H groups in total. The number of amides is 2. The van der Waals surface area contributed by atoms with Crippen LogP contribution in [0.2, 0.25) is 0 Å². The Morgan fingerprint density at radius 2 is 2.21 bits per heavy atom. The third kappa shape index (κ3) is 3.38. The smallest absolute Gasteiger partial charge is 0.319 e. The lowest BCUT2D eigenvalue weighted by Crippen LogP contribution is -2.35. The molecule has 0 atom stereocenters. The van der Waals surface area contributed by atoms with Crippen molar-refractivity contribution in [1.29, 1.82) is 0 Å². The standard InChI is InChI=1S/C14H20N2O3/c1-10-3-4-11(19-2)7-12(10)16-13(18)15-8-14(9-17)5-6-14/h3-4,7,17H,5-6,8-9H2,1-2H3,(H2,15,16,18). The van der Waals surface area contributed by atoms with Crippen molar-refractivity contribution in [3.05, 3.63) is 23.8 Å². The molecule has 5 heteroatoms. The summed E-state index contributed by atoms with van der Waals surface area (Å²) in [6, 6.07) is 5.28. The average molecular weight is 264 g/mol. The van der Waals surface area contributed by atoms with E-state index in [9.17, 15) is 9.90 Å². The fourth-order valence-electron chi connectivity index (χ4n) is 1.86. The zero-order chi connectivity index (χ0) is 13.9. The molecule has 0 radical (unpaired) electrons. The van der Waals surface area contributed by atoms with E-state index in [4.69, 9.17) is 4.74 Å². The number of hydrogen-bond donors (Lipinski definition) is 3. The minimum atomic E-state index is -0.254. The van der Waals surface area contributed by atoms with Gasteiger partial charge in [-0.3, -0.25) is 0 Å². The lowest BCUT2D eigenvalue weighted by atomic mass is 10.1. The molecule has 0 bridgehead atoms. The Balaban J connectivity index is 1.91. The van der Waals surface area contributed by atoms with Crippen molar-refractivity contribution in [3.8, 4) is 5.75 Å². The second-order valence-corrected chi connectivity index (χ2v) is 5.15. The Kier molecular flexibility index (Phi) is 3.95. The van der Waals surface area contributed by atoms with Crippen LogP contribution in [0, 0.1) is 12.3 Å². The van der Waals surface area contributed by atoms with E-state index in [1.165, 1.54) is 0 Å². The summed E-state index contributed by atoms with van der Waals surface area (Å²) < 4.78 is 5.13. The maximum absolute atomic E-state index is 11.8. The second kappa shape index (κ2) is 5.48. The number of methoxy groups -OCH3 is 1. The van der Waals surface area contributed by atoms with Crippen molar-refractivity contribution < 1.29 is 14.6 Å². The molecule has 2 rings (SSSR count). The quantitative estimate of drug-likeness (QED) is 0.760. The molecule has 1 aliphatic rings. The highest BCUT2D eigenvalue weighted by atomic mass is 16.5. The molecule has 0 aromatic heterocycles. The molecule has 1 aliphatic carbocycles. The molecule has 0 saturated heterocycles. The minimum Gasteiger partial charge on any atom is -0.497 e. The number of nitrogens with one attached hydrogen (secondary N) is 2. The molecular weight excluding hydrogens is 244 g/mol. The van der Waals surface area contributed by atoms with Crippen LogP contribution in [0.4, 0.5) is 10.5 Å². The summed E-state index contributed by atoms with van der Waals surface area (Å²) in [4.78, 5) is 11.8. The Morgan fingerprint density at radius 3 is 2.79 bits per heavy atom. The SMILES string of the molecule is COc1ccc(C)c(NC(=O)NCC2(CO)CC2)c1. The summed E-state index contributed by atoms with van der Waals surface area (Å²) in [5, 5.41) is 14.8. The third-order valence-electron chi connectivity index (χ3n) is 3.61. The van der Waals surface area contributed by atoms with E-state index < -0.39 is 0 Å². The second-order valence-electron chi connectivity index (χ2n) is 5.15. The summed E-state index contributed by atoms with van der Waals surface area (Å²) in [6.45, 7) is 2.56. The summed E-state index contributed by atoms with van der Waals surface area (Å²) >= 11 is 0. The van der Waals surface area contributed by atoms with Gasteiger partial charge in [0.05, 0.1) is 13.7 Å². The van der Waals surface area contributed by atoms with Gasteiger partial charge in [-0.2, -0.15) is 0 Å². The normalized spacial score (nSPS) is 15.7. The number of rotatable bonds is 5. The molecular formula is C14H20N2O3. The number of benzene rings is 1. The fourth-order valence-corrected chi connectivity index (χ4v) is 1.86. The van der Waals surface area contributed by atoms with E-state index in [0.717, 1.165) is 24.1 Å². The highest BCUT2D eigenvalue weighted by Gasteiger charge is 2.42. The van der Waals surface area contributed by atoms with Crippen LogP contribution < -0.4 is 15.4 Å². The Labute approximate surface area is 113 Å². The first-order valence-corrected chi connectivity index (χ1v) is 6.39. The average Bonchev–Trinajstić information content (AvgIpc) is 3.20. The van der Waals surface area contributed by atoms with Gasteiger partial charge in [-0.15, -0.1) is 0 Å². The molecule has 0 spiro atoms. The van der Waals surface area contributed by atoms with Crippen LogP contribution in [0.25, 0.3) is 0 Å². The summed E-state index contributed by atoms with van der Waals surface area (Å²) in [7, 11) is 1.59. The number of ether oxygens (including phenoxy) is 1. The van der Waals surface area contributed by atoms with Gasteiger partial charge in [-0.25, -0.2) is 4.79 Å². The number of urea groups is 1. The maximum Gasteiger partial charge on any atom is 0.319 e. The monoisotopic (exact) mass is 264 g/mol. The zero-order valence-corrected chi connectivity index (χ0v) is 11.3. The number of carbonyl (C=O) groups is 1. The molecule has 1 fully saturated rings. The first kappa shape index (κ1) is 13.7. The molecule has 1 aromatic carbocycles. The van der Waals surface area contributed by atoms with Gasteiger partial charge in [0.15, 0.2) is 0 Å². The number of aliphatic hydroxyl groups is 1. The van der Waals surface area contributed by atoms with Crippen molar-refractivity contribution >= 4 is 11.7 Å². The lowest BCUT2D eigenvalue weighted by molar-refractivity contribution is 0.206. The van der Waals surface area contributed by atoms with Gasteiger partial charge >= 0.3 is 6.03 Å². The number of aliphatic hydroxyl groups excluding tert-OH is 1. The molecule has 19 heavy (non-hydrogen) atoms. The van der Waals surface area contributed by atoms with E-state index in [2.05, 4.69) is 10.6 Å². The van der Waals surface area contributed by atoms with Crippen molar-refractivity contribution in [3.63, 3.8) is 0 Å². The molecule has 1 saturated carbocycles. The molecule has 0 unspecified atom stereocenters. The van der Waals surface area contributed by atoms with Crippen molar-refractivity contribution in [1.82, 2.24) is 5.32 Å². The highest BCUT2D eigenvalue weighted by molar-refractivity contribution is 5.90. The molecule has 2 amide bonds. The third-order valence-corrected chi connectivity index (χ3v) is 3.61. The number of aryl methyl sites for hydroxylation is 1. The molecule has 104 valence electrons. The van der Waals surface area contributed by atoms with Gasteiger partial charge in [0.25, 0.3) is 0 Å². The van der Waals surface area contributed by atoms with Gasteiger partial charge in [0.2, 0.25) is 0 Å². The first-order valence-electron chi connectivity index (χ1n) is 6.39. The van der Waals surface area contributed by atoms with E-state index in [-0.39, 0.29) is 18.1 Å². The van der Waals surface area contributed by atoms with Crippen LogP contribution >= 0.6 is 0 Å². The lowest BCUT2D eigenvalue weighted by Gasteiger charge is -2.14. The van der Waals surface area contributed by atoms with E-state index in [1.54, 1.807) is 13.2 Å². The number of carbonyl (C=O) groups excluding carboxylic acids is 1. The van der Waals surface area contributed by atoms with Crippen LogP contribution in [-0.4, -0.2) is 31.4 Å². The molecule has 5 nitrogen and oxygen atoms in total. The summed E-state index contributed by atoms with van der Waals surface area (Å²) in [5.41, 5.74) is 1.62. The van der Waals surface area contributed by atoms with Gasteiger partial charge in [-0.1, -0.05) is 6.07 Å². The predicted molar refractivity (Wildman–Crippen MR) is 73.5 cm³/mol. The largest absolute Gasteiger partial charge is 0.497 e. The van der Waals surface area contributed by atoms with Crippen LogP contribution in [0.5, 0.6) is 5.75 Å². The number of hydrogen-bond acceptors (Lipinski definition) is 3. The number of anilines is 1. The van der Waals surface area contributed by atoms with Gasteiger partial charge in [-0.05, 0) is 31.4 Å². The summed E-state index contributed by atoms with van der Waals surface area (Å²) in [5.74, 6) is 0.704. The zero-order valence-electron chi connectivity index (χ0n) is 11.3. The molecule has 0 heterocycles. The Bertz CT molecular complexity index is 470. The maximum atomic E-state index is 11.8. The van der Waals surface area contributed by atoms with E-state index in [1.807, 2.05) is 19.1 Å². The van der Waals surface area contributed by atoms with Gasteiger partial charge in [0.1, 0.15) is 5.75 Å². The van der Waals surface area contributed by atoms with E-state index in [0.29, 0.717) is 12.3 Å². The van der Waals surface area contributed by atoms with Crippen molar-refractivity contribution in [2.75, 3.05) is 25.6 Å². The van der Waals surface area contributed by atoms with Gasteiger partial charge in [0, 0.05) is 23.7 Å². The van der Waals surface area contributed by atoms with E-state index >= 15 is 0 Å². The van der Waals surface area contributed by atoms with Gasteiger partial charge < -0.3 is 20.5 Å². The Morgan fingerprint density at radius 1 is 1.47 bits per heavy atom. The van der Waals surface area contributed by atoms with Crippen molar-refractivity contribution in [2.45, 2.75) is 19.8 Å². The van der Waals surface area contributed by atoms with Crippen LogP contribution in [0.1, 0.15) is 18.4 Å². The fraction of sp³-hybridized carbons (Fsp3) is 0.500. The molecule has 0 aliphatic heterocycles. The van der Waals surface area contributed by atoms with Crippen LogP contribution in [0.15, 0.2) is 18.2 Å². The van der Waals surface area contributed by atoms with Crippen LogP contribution in [-0.2, 0) is 0 Å². The molecule has 1 aromatic rings. The van der Waals surface area contributed by atoms with Crippen molar-refractivity contribution in [2.24, 2.45) is 5.41 Å². The highest BCUT2D eigenvalue weighted by Crippen LogP contribution is 2.44. The summed E-state index contributed by atoms with van der Waals surface area (Å²) in [6.07, 6.45) is 1.95. The predicted octanol–water partition coefficient (Wildman–Crippen LogP) is 1.90. The Hall–Kier alpha value is -1.75.